The predicted molar refractivity (Wildman–Crippen MR) is 129 cm³/mol. The van der Waals surface area contributed by atoms with Gasteiger partial charge >= 0.3 is 5.97 Å². The Hall–Kier alpha value is -3.21. The van der Waals surface area contributed by atoms with Gasteiger partial charge in [-0.15, -0.1) is 0 Å². The quantitative estimate of drug-likeness (QED) is 0.231. The van der Waals surface area contributed by atoms with E-state index in [0.29, 0.717) is 17.9 Å². The van der Waals surface area contributed by atoms with E-state index in [4.69, 9.17) is 32.7 Å². The first kappa shape index (κ1) is 25.9. The van der Waals surface area contributed by atoms with E-state index < -0.39 is 44.7 Å². The largest absolute Gasteiger partial charge is 0.494 e. The smallest absolute Gasteiger partial charge is 0.321 e. The number of halogens is 5. The summed E-state index contributed by atoms with van der Waals surface area (Å²) in [7, 11) is 0. The van der Waals surface area contributed by atoms with Crippen molar-refractivity contribution < 1.29 is 27.4 Å². The molecule has 4 rings (SSSR count). The van der Waals surface area contributed by atoms with Crippen molar-refractivity contribution in [2.45, 2.75) is 35.1 Å². The van der Waals surface area contributed by atoms with E-state index >= 15 is 8.78 Å². The molecule has 3 aromatic rings. The van der Waals surface area contributed by atoms with Gasteiger partial charge in [-0.25, -0.2) is 4.39 Å². The van der Waals surface area contributed by atoms with E-state index in [-0.39, 0.29) is 12.0 Å². The lowest BCUT2D eigenvalue weighted by molar-refractivity contribution is -0.150. The zero-order chi connectivity index (χ0) is 26.1. The Labute approximate surface area is 216 Å². The fourth-order valence-corrected chi connectivity index (χ4v) is 4.82. The number of rotatable bonds is 8. The molecule has 3 aromatic carbocycles. The minimum absolute atomic E-state index is 0.0439. The van der Waals surface area contributed by atoms with Crippen molar-refractivity contribution in [3.05, 3.63) is 101 Å². The fourth-order valence-electron chi connectivity index (χ4n) is 4.04. The zero-order valence-electron chi connectivity index (χ0n) is 19.0. The molecule has 0 amide bonds. The molecule has 4 nitrogen and oxygen atoms in total. The number of benzene rings is 3. The highest BCUT2D eigenvalue weighted by Gasteiger charge is 2.73. The van der Waals surface area contributed by atoms with E-state index in [1.807, 2.05) is 13.0 Å². The molecule has 0 aromatic heterocycles. The first-order valence-electron chi connectivity index (χ1n) is 11.0. The standard InChI is InChI=1S/C27H20Cl2F3NO3/c1-2-35-22-12-8-18(9-13-22)25(16-26(25,28)29)24(34)36-23(15-33)17-4-3-5-20(14-17)27(31,32)19-6-10-21(30)11-7-19/h3-14,23H,2,16H2,1H3. The van der Waals surface area contributed by atoms with Crippen molar-refractivity contribution in [2.75, 3.05) is 6.61 Å². The lowest BCUT2D eigenvalue weighted by atomic mass is 9.95. The molecule has 1 saturated carbocycles. The summed E-state index contributed by atoms with van der Waals surface area (Å²) in [6.45, 7) is 2.30. The summed E-state index contributed by atoms with van der Waals surface area (Å²) in [5.74, 6) is -4.38. The van der Waals surface area contributed by atoms with Crippen LogP contribution in [-0.2, 0) is 20.9 Å². The maximum absolute atomic E-state index is 15.1. The van der Waals surface area contributed by atoms with Crippen LogP contribution in [0.5, 0.6) is 5.75 Å². The van der Waals surface area contributed by atoms with Crippen LogP contribution in [-0.4, -0.2) is 16.9 Å². The summed E-state index contributed by atoms with van der Waals surface area (Å²) in [5, 5.41) is 9.71. The number of alkyl halides is 4. The second-order valence-electron chi connectivity index (χ2n) is 8.37. The van der Waals surface area contributed by atoms with Crippen LogP contribution in [0.25, 0.3) is 0 Å². The summed E-state index contributed by atoms with van der Waals surface area (Å²) in [5.41, 5.74) is -1.77. The molecular formula is C27H20Cl2F3NO3. The third-order valence-electron chi connectivity index (χ3n) is 6.09. The maximum atomic E-state index is 15.1. The molecule has 0 saturated heterocycles. The molecule has 0 heterocycles. The molecule has 1 aliphatic rings. The van der Waals surface area contributed by atoms with Gasteiger partial charge in [0.15, 0.2) is 0 Å². The maximum Gasteiger partial charge on any atom is 0.321 e. The van der Waals surface area contributed by atoms with Gasteiger partial charge in [0.1, 0.15) is 27.4 Å². The van der Waals surface area contributed by atoms with Crippen LogP contribution < -0.4 is 4.74 Å². The molecule has 0 aliphatic heterocycles. The van der Waals surface area contributed by atoms with E-state index in [1.54, 1.807) is 24.3 Å². The number of carbonyl (C=O) groups excluding carboxylic acids is 1. The monoisotopic (exact) mass is 533 g/mol. The van der Waals surface area contributed by atoms with Crippen molar-refractivity contribution in [1.82, 2.24) is 0 Å². The molecule has 0 radical (unpaired) electrons. The molecule has 9 heteroatoms. The van der Waals surface area contributed by atoms with Crippen LogP contribution in [0.2, 0.25) is 0 Å². The topological polar surface area (TPSA) is 59.3 Å². The van der Waals surface area contributed by atoms with Crippen LogP contribution in [0.4, 0.5) is 13.2 Å². The van der Waals surface area contributed by atoms with E-state index in [0.717, 1.165) is 30.3 Å². The van der Waals surface area contributed by atoms with Gasteiger partial charge in [0.25, 0.3) is 5.92 Å². The molecule has 0 spiro atoms. The van der Waals surface area contributed by atoms with E-state index in [2.05, 4.69) is 0 Å². The summed E-state index contributed by atoms with van der Waals surface area (Å²) < 4.78 is 52.8. The molecule has 186 valence electrons. The molecule has 0 N–H and O–H groups in total. The number of hydrogen-bond acceptors (Lipinski definition) is 4. The Balaban J connectivity index is 1.60. The van der Waals surface area contributed by atoms with E-state index in [9.17, 15) is 14.4 Å². The van der Waals surface area contributed by atoms with Gasteiger partial charge in [0, 0.05) is 23.1 Å². The number of nitriles is 1. The summed E-state index contributed by atoms with van der Waals surface area (Å²) >= 11 is 12.7. The van der Waals surface area contributed by atoms with Crippen molar-refractivity contribution in [1.29, 1.82) is 5.26 Å². The van der Waals surface area contributed by atoms with Crippen LogP contribution in [0.15, 0.2) is 72.8 Å². The van der Waals surface area contributed by atoms with Crippen molar-refractivity contribution in [3.8, 4) is 11.8 Å². The molecule has 2 unspecified atom stereocenters. The third-order valence-corrected chi connectivity index (χ3v) is 7.01. The van der Waals surface area contributed by atoms with Crippen molar-refractivity contribution >= 4 is 29.2 Å². The molecule has 1 fully saturated rings. The second-order valence-corrected chi connectivity index (χ2v) is 9.85. The number of carbonyl (C=O) groups is 1. The first-order valence-corrected chi connectivity index (χ1v) is 11.8. The van der Waals surface area contributed by atoms with Crippen LogP contribution in [0.1, 0.15) is 41.7 Å². The average molecular weight is 534 g/mol. The van der Waals surface area contributed by atoms with Crippen molar-refractivity contribution in [3.63, 3.8) is 0 Å². The first-order chi connectivity index (χ1) is 17.0. The van der Waals surface area contributed by atoms with Crippen LogP contribution >= 0.6 is 23.2 Å². The lowest BCUT2D eigenvalue weighted by Gasteiger charge is -2.22. The van der Waals surface area contributed by atoms with Gasteiger partial charge in [0.2, 0.25) is 6.10 Å². The Morgan fingerprint density at radius 1 is 1.08 bits per heavy atom. The van der Waals surface area contributed by atoms with Crippen molar-refractivity contribution in [2.24, 2.45) is 0 Å². The number of nitrogens with zero attached hydrogens (tertiary/aromatic N) is 1. The highest BCUT2D eigenvalue weighted by molar-refractivity contribution is 6.54. The van der Waals surface area contributed by atoms with Crippen LogP contribution in [0, 0.1) is 17.1 Å². The molecule has 36 heavy (non-hydrogen) atoms. The number of hydrogen-bond donors (Lipinski definition) is 0. The van der Waals surface area contributed by atoms with Gasteiger partial charge in [0.05, 0.1) is 6.61 Å². The molecule has 0 bridgehead atoms. The minimum Gasteiger partial charge on any atom is -0.494 e. The highest BCUT2D eigenvalue weighted by atomic mass is 35.5. The summed E-state index contributed by atoms with van der Waals surface area (Å²) in [6.07, 6.45) is -1.44. The van der Waals surface area contributed by atoms with Gasteiger partial charge in [-0.1, -0.05) is 53.5 Å². The average Bonchev–Trinajstić information content (AvgIpc) is 3.46. The fraction of sp³-hybridized carbons (Fsp3) is 0.259. The third kappa shape index (κ3) is 4.63. The Kier molecular flexibility index (Phi) is 6.96. The lowest BCUT2D eigenvalue weighted by Crippen LogP contribution is -2.30. The Morgan fingerprint density at radius 3 is 2.28 bits per heavy atom. The minimum atomic E-state index is -3.48. The highest BCUT2D eigenvalue weighted by Crippen LogP contribution is 2.65. The van der Waals surface area contributed by atoms with E-state index in [1.165, 1.54) is 18.2 Å². The van der Waals surface area contributed by atoms with Gasteiger partial charge in [-0.05, 0) is 55.0 Å². The summed E-state index contributed by atoms with van der Waals surface area (Å²) in [4.78, 5) is 13.3. The van der Waals surface area contributed by atoms with Gasteiger partial charge in [-0.3, -0.25) is 4.79 Å². The van der Waals surface area contributed by atoms with Crippen LogP contribution in [0.3, 0.4) is 0 Å². The molecule has 2 atom stereocenters. The molecular weight excluding hydrogens is 514 g/mol. The number of esters is 1. The van der Waals surface area contributed by atoms with Gasteiger partial charge in [-0.2, -0.15) is 14.0 Å². The molecule has 1 aliphatic carbocycles. The number of ether oxygens (including phenoxy) is 2. The zero-order valence-corrected chi connectivity index (χ0v) is 20.5. The summed E-state index contributed by atoms with van der Waals surface area (Å²) in [6, 6.07) is 17.3. The Bertz CT molecular complexity index is 1310. The normalized spacial score (nSPS) is 19.1. The predicted octanol–water partition coefficient (Wildman–Crippen LogP) is 6.99. The van der Waals surface area contributed by atoms with Gasteiger partial charge < -0.3 is 9.47 Å². The SMILES string of the molecule is CCOc1ccc(C2(C(=O)OC(C#N)c3cccc(C(F)(F)c4ccc(F)cc4)c3)CC2(Cl)Cl)cc1. The second kappa shape index (κ2) is 9.68. The Morgan fingerprint density at radius 2 is 1.72 bits per heavy atom.